The molecule has 0 atom stereocenters. The van der Waals surface area contributed by atoms with Gasteiger partial charge in [-0.05, 0) is 30.3 Å². The van der Waals surface area contributed by atoms with Crippen LogP contribution in [0.5, 0.6) is 11.5 Å². The lowest BCUT2D eigenvalue weighted by Gasteiger charge is -2.09. The van der Waals surface area contributed by atoms with E-state index >= 15 is 0 Å². The van der Waals surface area contributed by atoms with Crippen molar-refractivity contribution in [1.29, 1.82) is 0 Å². The second-order valence-electron chi connectivity index (χ2n) is 5.24. The number of methoxy groups -OCH3 is 1. The highest BCUT2D eigenvalue weighted by Gasteiger charge is 2.12. The molecule has 0 radical (unpaired) electrons. The van der Waals surface area contributed by atoms with Crippen LogP contribution in [0.2, 0.25) is 5.02 Å². The lowest BCUT2D eigenvalue weighted by atomic mass is 10.3. The van der Waals surface area contributed by atoms with Crippen LogP contribution in [0.1, 0.15) is 5.89 Å². The minimum atomic E-state index is -0.249. The van der Waals surface area contributed by atoms with E-state index < -0.39 is 0 Å². The highest BCUT2D eigenvalue weighted by molar-refractivity contribution is 7.99. The van der Waals surface area contributed by atoms with Crippen molar-refractivity contribution in [1.82, 2.24) is 10.2 Å². The van der Waals surface area contributed by atoms with Gasteiger partial charge in [-0.3, -0.25) is 4.79 Å². The standard InChI is InChI=1S/C18H16ClN3O4S/c1-24-15-8-7-12(19)9-14(15)20-16(23)11-27-18-22-21-17(26-18)10-25-13-5-3-2-4-6-13/h2-9H,10-11H2,1H3,(H,20,23). The molecule has 1 aromatic heterocycles. The number of para-hydroxylation sites is 1. The number of carbonyl (C=O) groups excluding carboxylic acids is 1. The number of aromatic nitrogens is 2. The molecular weight excluding hydrogens is 390 g/mol. The topological polar surface area (TPSA) is 86.5 Å². The van der Waals surface area contributed by atoms with Gasteiger partial charge in [-0.1, -0.05) is 41.6 Å². The average Bonchev–Trinajstić information content (AvgIpc) is 3.14. The summed E-state index contributed by atoms with van der Waals surface area (Å²) in [5.41, 5.74) is 0.498. The van der Waals surface area contributed by atoms with Gasteiger partial charge in [0.2, 0.25) is 5.91 Å². The number of nitrogens with zero attached hydrogens (tertiary/aromatic N) is 2. The Morgan fingerprint density at radius 2 is 2.04 bits per heavy atom. The van der Waals surface area contributed by atoms with Crippen LogP contribution in [-0.2, 0) is 11.4 Å². The molecule has 0 saturated heterocycles. The molecule has 1 N–H and O–H groups in total. The number of rotatable bonds is 8. The van der Waals surface area contributed by atoms with Crippen LogP contribution in [0.25, 0.3) is 0 Å². The summed E-state index contributed by atoms with van der Waals surface area (Å²) < 4.78 is 16.2. The Bertz CT molecular complexity index is 905. The number of nitrogens with one attached hydrogen (secondary N) is 1. The summed E-state index contributed by atoms with van der Waals surface area (Å²) in [6.45, 7) is 0.156. The number of anilines is 1. The maximum absolute atomic E-state index is 12.1. The monoisotopic (exact) mass is 405 g/mol. The lowest BCUT2D eigenvalue weighted by molar-refractivity contribution is -0.113. The third-order valence-corrected chi connectivity index (χ3v) is 4.37. The molecule has 0 unspecified atom stereocenters. The van der Waals surface area contributed by atoms with Crippen molar-refractivity contribution >= 4 is 35.0 Å². The highest BCUT2D eigenvalue weighted by Crippen LogP contribution is 2.28. The highest BCUT2D eigenvalue weighted by atomic mass is 35.5. The fourth-order valence-corrected chi connectivity index (χ4v) is 2.86. The molecule has 0 bridgehead atoms. The van der Waals surface area contributed by atoms with Crippen LogP contribution in [0.3, 0.4) is 0 Å². The van der Waals surface area contributed by atoms with Gasteiger partial charge >= 0.3 is 0 Å². The molecule has 27 heavy (non-hydrogen) atoms. The van der Waals surface area contributed by atoms with E-state index in [9.17, 15) is 4.79 Å². The van der Waals surface area contributed by atoms with E-state index in [1.54, 1.807) is 18.2 Å². The number of hydrogen-bond acceptors (Lipinski definition) is 7. The summed E-state index contributed by atoms with van der Waals surface area (Å²) >= 11 is 7.08. The fraction of sp³-hybridized carbons (Fsp3) is 0.167. The molecule has 3 rings (SSSR count). The number of amides is 1. The minimum Gasteiger partial charge on any atom is -0.495 e. The van der Waals surface area contributed by atoms with Crippen molar-refractivity contribution in [3.63, 3.8) is 0 Å². The van der Waals surface area contributed by atoms with Gasteiger partial charge in [0.25, 0.3) is 11.1 Å². The average molecular weight is 406 g/mol. The maximum Gasteiger partial charge on any atom is 0.277 e. The summed E-state index contributed by atoms with van der Waals surface area (Å²) in [4.78, 5) is 12.1. The molecule has 2 aromatic carbocycles. The molecule has 0 aliphatic rings. The summed E-state index contributed by atoms with van der Waals surface area (Å²) in [7, 11) is 1.52. The van der Waals surface area contributed by atoms with Crippen molar-refractivity contribution in [3.8, 4) is 11.5 Å². The SMILES string of the molecule is COc1ccc(Cl)cc1NC(=O)CSc1nnc(COc2ccccc2)o1. The van der Waals surface area contributed by atoms with Gasteiger partial charge < -0.3 is 19.2 Å². The predicted molar refractivity (Wildman–Crippen MR) is 102 cm³/mol. The number of benzene rings is 2. The Labute approximate surface area is 165 Å². The largest absolute Gasteiger partial charge is 0.495 e. The van der Waals surface area contributed by atoms with Crippen molar-refractivity contribution < 1.29 is 18.7 Å². The molecule has 0 aliphatic heterocycles. The van der Waals surface area contributed by atoms with Gasteiger partial charge in [0.1, 0.15) is 11.5 Å². The molecule has 0 fully saturated rings. The number of carbonyl (C=O) groups is 1. The molecule has 1 heterocycles. The number of ether oxygens (including phenoxy) is 2. The minimum absolute atomic E-state index is 0.0941. The van der Waals surface area contributed by atoms with Gasteiger partial charge in [-0.25, -0.2) is 0 Å². The molecule has 1 amide bonds. The normalized spacial score (nSPS) is 10.4. The molecule has 3 aromatic rings. The summed E-state index contributed by atoms with van der Waals surface area (Å²) in [5.74, 6) is 1.41. The van der Waals surface area contributed by atoms with Crippen LogP contribution in [0.15, 0.2) is 58.2 Å². The first kappa shape index (κ1) is 19.1. The molecular formula is C18H16ClN3O4S. The zero-order valence-electron chi connectivity index (χ0n) is 14.3. The first-order valence-corrected chi connectivity index (χ1v) is 9.27. The molecule has 0 aliphatic carbocycles. The number of halogens is 1. The summed E-state index contributed by atoms with van der Waals surface area (Å²) in [6, 6.07) is 14.3. The van der Waals surface area contributed by atoms with Crippen molar-refractivity contribution in [2.75, 3.05) is 18.2 Å². The van der Waals surface area contributed by atoms with Crippen molar-refractivity contribution in [3.05, 3.63) is 59.4 Å². The molecule has 7 nitrogen and oxygen atoms in total. The van der Waals surface area contributed by atoms with Gasteiger partial charge in [-0.2, -0.15) is 0 Å². The Kier molecular flexibility index (Phi) is 6.56. The van der Waals surface area contributed by atoms with E-state index in [1.807, 2.05) is 30.3 Å². The lowest BCUT2D eigenvalue weighted by Crippen LogP contribution is -2.14. The first-order valence-electron chi connectivity index (χ1n) is 7.90. The zero-order valence-corrected chi connectivity index (χ0v) is 15.9. The Hall–Kier alpha value is -2.71. The van der Waals surface area contributed by atoms with E-state index in [0.29, 0.717) is 28.1 Å². The van der Waals surface area contributed by atoms with E-state index in [0.717, 1.165) is 11.8 Å². The second-order valence-corrected chi connectivity index (χ2v) is 6.61. The van der Waals surface area contributed by atoms with Gasteiger partial charge in [-0.15, -0.1) is 10.2 Å². The van der Waals surface area contributed by atoms with Gasteiger partial charge in [0, 0.05) is 5.02 Å². The van der Waals surface area contributed by atoms with Crippen molar-refractivity contribution in [2.24, 2.45) is 0 Å². The smallest absolute Gasteiger partial charge is 0.277 e. The van der Waals surface area contributed by atoms with E-state index in [-0.39, 0.29) is 23.5 Å². The Morgan fingerprint density at radius 3 is 2.81 bits per heavy atom. The fourth-order valence-electron chi connectivity index (χ4n) is 2.11. The maximum atomic E-state index is 12.1. The predicted octanol–water partition coefficient (Wildman–Crippen LogP) is 4.04. The summed E-state index contributed by atoms with van der Waals surface area (Å²) in [5, 5.41) is 11.3. The van der Waals surface area contributed by atoms with Crippen LogP contribution in [0, 0.1) is 0 Å². The molecule has 9 heteroatoms. The number of thioether (sulfide) groups is 1. The van der Waals surface area contributed by atoms with Gasteiger partial charge in [0.05, 0.1) is 18.6 Å². The van der Waals surface area contributed by atoms with Crippen LogP contribution >= 0.6 is 23.4 Å². The zero-order chi connectivity index (χ0) is 19.1. The molecule has 0 saturated carbocycles. The van der Waals surface area contributed by atoms with E-state index in [2.05, 4.69) is 15.5 Å². The van der Waals surface area contributed by atoms with Crippen LogP contribution < -0.4 is 14.8 Å². The Balaban J connectivity index is 1.49. The van der Waals surface area contributed by atoms with Crippen LogP contribution in [0.4, 0.5) is 5.69 Å². The van der Waals surface area contributed by atoms with E-state index in [4.69, 9.17) is 25.5 Å². The van der Waals surface area contributed by atoms with Crippen LogP contribution in [-0.4, -0.2) is 29.0 Å². The first-order chi connectivity index (χ1) is 13.1. The van der Waals surface area contributed by atoms with E-state index in [1.165, 1.54) is 7.11 Å². The third-order valence-electron chi connectivity index (χ3n) is 3.32. The number of hydrogen-bond donors (Lipinski definition) is 1. The quantitative estimate of drug-likeness (QED) is 0.566. The van der Waals surface area contributed by atoms with Crippen molar-refractivity contribution in [2.45, 2.75) is 11.8 Å². The third kappa shape index (κ3) is 5.63. The second kappa shape index (κ2) is 9.29. The van der Waals surface area contributed by atoms with Gasteiger partial charge in [0.15, 0.2) is 6.61 Å². The summed E-state index contributed by atoms with van der Waals surface area (Å²) in [6.07, 6.45) is 0. The Morgan fingerprint density at radius 1 is 1.22 bits per heavy atom. The molecule has 0 spiro atoms. The molecule has 140 valence electrons.